The zero-order valence-electron chi connectivity index (χ0n) is 17.4. The van der Waals surface area contributed by atoms with Gasteiger partial charge in [-0.1, -0.05) is 28.1 Å². The molecule has 0 saturated heterocycles. The third-order valence-electron chi connectivity index (χ3n) is 4.66. The van der Waals surface area contributed by atoms with E-state index in [9.17, 15) is 17.6 Å². The molecule has 2 N–H and O–H groups in total. The van der Waals surface area contributed by atoms with Crippen molar-refractivity contribution in [3.8, 4) is 5.75 Å². The van der Waals surface area contributed by atoms with Gasteiger partial charge in [0.2, 0.25) is 0 Å². The number of sulfonamides is 1. The molecule has 0 aliphatic heterocycles. The number of carbonyl (C=O) groups excluding carboxylic acids is 1. The summed E-state index contributed by atoms with van der Waals surface area (Å²) in [5.74, 6) is -0.354. The molecule has 0 spiro atoms. The molecule has 32 heavy (non-hydrogen) atoms. The number of carbonyl (C=O) groups is 1. The molecule has 1 amide bonds. The van der Waals surface area contributed by atoms with Crippen LogP contribution in [-0.2, 0) is 14.8 Å². The van der Waals surface area contributed by atoms with E-state index in [0.29, 0.717) is 11.3 Å². The van der Waals surface area contributed by atoms with Crippen LogP contribution in [0.2, 0.25) is 0 Å². The number of rotatable bonds is 8. The Hall–Kier alpha value is -2.91. The predicted molar refractivity (Wildman–Crippen MR) is 125 cm³/mol. The fourth-order valence-electron chi connectivity index (χ4n) is 2.94. The average Bonchev–Trinajstić information content (AvgIpc) is 2.74. The quantitative estimate of drug-likeness (QED) is 0.439. The van der Waals surface area contributed by atoms with Crippen molar-refractivity contribution >= 4 is 37.5 Å². The maximum Gasteiger partial charge on any atom is 0.261 e. The van der Waals surface area contributed by atoms with Gasteiger partial charge in [-0.05, 0) is 79.6 Å². The fourth-order valence-corrected chi connectivity index (χ4v) is 4.35. The van der Waals surface area contributed by atoms with Crippen LogP contribution in [-0.4, -0.2) is 20.9 Å². The monoisotopic (exact) mass is 520 g/mol. The molecule has 0 aromatic heterocycles. The van der Waals surface area contributed by atoms with Crippen LogP contribution in [0.15, 0.2) is 76.1 Å². The number of aryl methyl sites for hydroxylation is 1. The van der Waals surface area contributed by atoms with Gasteiger partial charge in [-0.15, -0.1) is 0 Å². The molecule has 0 bridgehead atoms. The highest BCUT2D eigenvalue weighted by atomic mass is 79.9. The van der Waals surface area contributed by atoms with Crippen molar-refractivity contribution < 1.29 is 22.3 Å². The number of anilines is 1. The van der Waals surface area contributed by atoms with E-state index in [0.717, 1.165) is 10.0 Å². The van der Waals surface area contributed by atoms with Gasteiger partial charge in [0.25, 0.3) is 15.9 Å². The Bertz CT molecular complexity index is 1200. The lowest BCUT2D eigenvalue weighted by Gasteiger charge is -2.16. The molecule has 0 aliphatic rings. The lowest BCUT2D eigenvalue weighted by atomic mass is 10.1. The molecular weight excluding hydrogens is 499 g/mol. The fraction of sp³-hybridized carbons (Fsp3) is 0.174. The molecule has 1 atom stereocenters. The zero-order valence-corrected chi connectivity index (χ0v) is 19.8. The van der Waals surface area contributed by atoms with Gasteiger partial charge in [0.1, 0.15) is 11.6 Å². The summed E-state index contributed by atoms with van der Waals surface area (Å²) in [4.78, 5) is 12.3. The molecule has 0 fully saturated rings. The van der Waals surface area contributed by atoms with E-state index >= 15 is 0 Å². The van der Waals surface area contributed by atoms with Crippen molar-refractivity contribution in [3.05, 3.63) is 88.1 Å². The molecule has 3 rings (SSSR count). The van der Waals surface area contributed by atoms with Gasteiger partial charge < -0.3 is 10.1 Å². The van der Waals surface area contributed by atoms with Crippen molar-refractivity contribution in [3.63, 3.8) is 0 Å². The van der Waals surface area contributed by atoms with Crippen molar-refractivity contribution in [2.24, 2.45) is 0 Å². The van der Waals surface area contributed by atoms with Crippen LogP contribution >= 0.6 is 15.9 Å². The van der Waals surface area contributed by atoms with Crippen LogP contribution in [0.3, 0.4) is 0 Å². The molecule has 9 heteroatoms. The van der Waals surface area contributed by atoms with E-state index in [2.05, 4.69) is 26.0 Å². The Morgan fingerprint density at radius 1 is 1.06 bits per heavy atom. The highest BCUT2D eigenvalue weighted by Crippen LogP contribution is 2.24. The molecule has 3 aromatic rings. The first-order valence-corrected chi connectivity index (χ1v) is 12.0. The Labute approximate surface area is 195 Å². The predicted octanol–water partition coefficient (Wildman–Crippen LogP) is 4.95. The summed E-state index contributed by atoms with van der Waals surface area (Å²) in [6.07, 6.45) is 0. The molecule has 0 radical (unpaired) electrons. The molecule has 6 nitrogen and oxygen atoms in total. The maximum absolute atomic E-state index is 13.0. The number of benzene rings is 3. The van der Waals surface area contributed by atoms with E-state index in [1.807, 2.05) is 31.2 Å². The van der Waals surface area contributed by atoms with Crippen molar-refractivity contribution in [2.45, 2.75) is 24.8 Å². The highest BCUT2D eigenvalue weighted by molar-refractivity contribution is 9.10. The van der Waals surface area contributed by atoms with E-state index in [1.54, 1.807) is 6.92 Å². The van der Waals surface area contributed by atoms with Gasteiger partial charge in [-0.3, -0.25) is 9.52 Å². The van der Waals surface area contributed by atoms with Crippen LogP contribution < -0.4 is 14.8 Å². The van der Waals surface area contributed by atoms with Crippen molar-refractivity contribution in [1.82, 2.24) is 5.32 Å². The normalized spacial score (nSPS) is 12.1. The molecule has 0 aliphatic carbocycles. The number of halogens is 2. The summed E-state index contributed by atoms with van der Waals surface area (Å²) in [6, 6.07) is 16.8. The summed E-state index contributed by atoms with van der Waals surface area (Å²) < 4.78 is 47.1. The van der Waals surface area contributed by atoms with E-state index in [1.165, 1.54) is 42.5 Å². The Balaban J connectivity index is 1.60. The third-order valence-corrected chi connectivity index (χ3v) is 6.57. The molecule has 0 heterocycles. The summed E-state index contributed by atoms with van der Waals surface area (Å²) >= 11 is 3.38. The minimum Gasteiger partial charge on any atom is -0.484 e. The maximum atomic E-state index is 13.0. The van der Waals surface area contributed by atoms with Gasteiger partial charge in [0.05, 0.1) is 10.9 Å². The van der Waals surface area contributed by atoms with Crippen LogP contribution in [0.1, 0.15) is 24.1 Å². The van der Waals surface area contributed by atoms with E-state index < -0.39 is 15.8 Å². The Morgan fingerprint density at radius 2 is 1.72 bits per heavy atom. The average molecular weight is 521 g/mol. The first-order chi connectivity index (χ1) is 15.1. The van der Waals surface area contributed by atoms with E-state index in [-0.39, 0.29) is 29.1 Å². The summed E-state index contributed by atoms with van der Waals surface area (Å²) in [6.45, 7) is 3.36. The Kier molecular flexibility index (Phi) is 7.52. The largest absolute Gasteiger partial charge is 0.484 e. The molecule has 168 valence electrons. The van der Waals surface area contributed by atoms with Gasteiger partial charge in [0, 0.05) is 10.2 Å². The third kappa shape index (κ3) is 6.30. The minimum absolute atomic E-state index is 0.0278. The van der Waals surface area contributed by atoms with Crippen LogP contribution in [0.5, 0.6) is 5.75 Å². The van der Waals surface area contributed by atoms with Crippen LogP contribution in [0.4, 0.5) is 10.1 Å². The van der Waals surface area contributed by atoms with Crippen LogP contribution in [0.25, 0.3) is 0 Å². The van der Waals surface area contributed by atoms with Gasteiger partial charge in [-0.25, -0.2) is 12.8 Å². The molecule has 0 saturated carbocycles. The first kappa shape index (κ1) is 23.7. The van der Waals surface area contributed by atoms with Crippen molar-refractivity contribution in [2.75, 3.05) is 11.3 Å². The van der Waals surface area contributed by atoms with Gasteiger partial charge in [0.15, 0.2) is 6.61 Å². The van der Waals surface area contributed by atoms with E-state index in [4.69, 9.17) is 4.74 Å². The van der Waals surface area contributed by atoms with Gasteiger partial charge in [-0.2, -0.15) is 0 Å². The smallest absolute Gasteiger partial charge is 0.261 e. The Morgan fingerprint density at radius 3 is 2.34 bits per heavy atom. The number of hydrogen-bond donors (Lipinski definition) is 2. The number of amides is 1. The lowest BCUT2D eigenvalue weighted by molar-refractivity contribution is -0.123. The zero-order chi connectivity index (χ0) is 23.3. The lowest BCUT2D eigenvalue weighted by Crippen LogP contribution is -2.31. The van der Waals surface area contributed by atoms with Gasteiger partial charge >= 0.3 is 0 Å². The summed E-state index contributed by atoms with van der Waals surface area (Å²) in [5, 5.41) is 2.86. The highest BCUT2D eigenvalue weighted by Gasteiger charge is 2.17. The standard InChI is InChI=1S/C23H22BrFN2O4S/c1-15-13-21(32(29,30)27-20-9-7-19(25)8-10-20)11-12-22(15)31-14-23(28)26-16(2)17-3-5-18(24)6-4-17/h3-13,16,27H,14H2,1-2H3,(H,26,28). The second-order valence-electron chi connectivity index (χ2n) is 7.17. The number of hydrogen-bond acceptors (Lipinski definition) is 4. The van der Waals surface area contributed by atoms with Crippen molar-refractivity contribution in [1.29, 1.82) is 0 Å². The summed E-state index contributed by atoms with van der Waals surface area (Å²) in [7, 11) is -3.86. The molecule has 1 unspecified atom stereocenters. The number of nitrogens with one attached hydrogen (secondary N) is 2. The second-order valence-corrected chi connectivity index (χ2v) is 9.77. The van der Waals surface area contributed by atoms with Crippen LogP contribution in [0, 0.1) is 12.7 Å². The molecule has 3 aromatic carbocycles. The minimum atomic E-state index is -3.86. The first-order valence-electron chi connectivity index (χ1n) is 9.71. The summed E-state index contributed by atoms with van der Waals surface area (Å²) in [5.41, 5.74) is 1.77. The second kappa shape index (κ2) is 10.1. The number of ether oxygens (including phenoxy) is 1. The molecular formula is C23H22BrFN2O4S. The topological polar surface area (TPSA) is 84.5 Å². The SMILES string of the molecule is Cc1cc(S(=O)(=O)Nc2ccc(F)cc2)ccc1OCC(=O)NC(C)c1ccc(Br)cc1.